The average molecular weight is 494 g/mol. The predicted molar refractivity (Wildman–Crippen MR) is 118 cm³/mol. The Bertz CT molecular complexity index is 1320. The SMILES string of the molecule is CC(Oc1ccc(S(C)(=O)=O)cc1C(=O)N1CCc2nn(-c3ccccc3)cc2C1)C(F)(F)F. The van der Waals surface area contributed by atoms with Gasteiger partial charge in [-0.3, -0.25) is 4.79 Å². The van der Waals surface area contributed by atoms with Crippen LogP contribution in [0.25, 0.3) is 5.69 Å². The third-order valence-corrected chi connectivity index (χ3v) is 6.65. The molecular weight excluding hydrogens is 471 g/mol. The Hall–Kier alpha value is -3.34. The van der Waals surface area contributed by atoms with E-state index in [2.05, 4.69) is 5.10 Å². The largest absolute Gasteiger partial charge is 0.480 e. The highest BCUT2D eigenvalue weighted by Gasteiger charge is 2.39. The molecule has 0 radical (unpaired) electrons. The zero-order valence-corrected chi connectivity index (χ0v) is 19.2. The van der Waals surface area contributed by atoms with E-state index >= 15 is 0 Å². The molecule has 34 heavy (non-hydrogen) atoms. The van der Waals surface area contributed by atoms with E-state index in [4.69, 9.17) is 4.74 Å². The zero-order valence-electron chi connectivity index (χ0n) is 18.4. The third-order valence-electron chi connectivity index (χ3n) is 5.54. The first kappa shape index (κ1) is 23.8. The van der Waals surface area contributed by atoms with E-state index in [0.717, 1.165) is 48.3 Å². The molecule has 1 atom stereocenters. The number of aromatic nitrogens is 2. The van der Waals surface area contributed by atoms with Crippen LogP contribution in [0.4, 0.5) is 13.2 Å². The van der Waals surface area contributed by atoms with Gasteiger partial charge in [-0.15, -0.1) is 0 Å². The number of carbonyl (C=O) groups is 1. The lowest BCUT2D eigenvalue weighted by Gasteiger charge is -2.28. The molecule has 180 valence electrons. The lowest BCUT2D eigenvalue weighted by molar-refractivity contribution is -0.189. The van der Waals surface area contributed by atoms with Gasteiger partial charge in [-0.1, -0.05) is 18.2 Å². The van der Waals surface area contributed by atoms with Crippen molar-refractivity contribution in [3.63, 3.8) is 0 Å². The fourth-order valence-electron chi connectivity index (χ4n) is 3.64. The molecule has 0 N–H and O–H groups in total. The molecule has 1 aromatic heterocycles. The van der Waals surface area contributed by atoms with Crippen molar-refractivity contribution in [2.24, 2.45) is 0 Å². The molecule has 1 aliphatic rings. The minimum Gasteiger partial charge on any atom is -0.480 e. The van der Waals surface area contributed by atoms with Crippen LogP contribution in [0.1, 0.15) is 28.5 Å². The fourth-order valence-corrected chi connectivity index (χ4v) is 4.28. The summed E-state index contributed by atoms with van der Waals surface area (Å²) < 4.78 is 70.0. The van der Waals surface area contributed by atoms with Gasteiger partial charge in [0.1, 0.15) is 5.75 Å². The minimum atomic E-state index is -4.65. The third kappa shape index (κ3) is 4.93. The summed E-state index contributed by atoms with van der Waals surface area (Å²) in [5.41, 5.74) is 2.24. The molecule has 0 bridgehead atoms. The second-order valence-corrected chi connectivity index (χ2v) is 10.1. The monoisotopic (exact) mass is 493 g/mol. The van der Waals surface area contributed by atoms with E-state index in [1.165, 1.54) is 4.90 Å². The number of hydrogen-bond acceptors (Lipinski definition) is 5. The Morgan fingerprint density at radius 3 is 2.50 bits per heavy atom. The van der Waals surface area contributed by atoms with Crippen LogP contribution in [0.15, 0.2) is 59.6 Å². The van der Waals surface area contributed by atoms with Crippen molar-refractivity contribution >= 4 is 15.7 Å². The molecule has 11 heteroatoms. The summed E-state index contributed by atoms with van der Waals surface area (Å²) in [5.74, 6) is -0.944. The number of rotatable bonds is 5. The number of carbonyl (C=O) groups excluding carboxylic acids is 1. The molecule has 2 heterocycles. The molecule has 4 rings (SSSR count). The number of fused-ring (bicyclic) bond motifs is 1. The van der Waals surface area contributed by atoms with Gasteiger partial charge in [0.05, 0.1) is 21.8 Å². The second kappa shape index (κ2) is 8.79. The minimum absolute atomic E-state index is 0.179. The number of para-hydroxylation sites is 1. The van der Waals surface area contributed by atoms with Gasteiger partial charge in [-0.25, -0.2) is 13.1 Å². The van der Waals surface area contributed by atoms with Crippen LogP contribution in [0, 0.1) is 0 Å². The van der Waals surface area contributed by atoms with Crippen molar-refractivity contribution in [2.45, 2.75) is 37.1 Å². The average Bonchev–Trinajstić information content (AvgIpc) is 3.21. The molecule has 0 aliphatic carbocycles. The van der Waals surface area contributed by atoms with Crippen LogP contribution in [0.5, 0.6) is 5.75 Å². The summed E-state index contributed by atoms with van der Waals surface area (Å²) in [5, 5.41) is 4.57. The van der Waals surface area contributed by atoms with Gasteiger partial charge in [0, 0.05) is 37.5 Å². The Morgan fingerprint density at radius 1 is 1.15 bits per heavy atom. The second-order valence-electron chi connectivity index (χ2n) is 8.09. The number of amides is 1. The van der Waals surface area contributed by atoms with Crippen LogP contribution in [0.2, 0.25) is 0 Å². The van der Waals surface area contributed by atoms with Crippen LogP contribution >= 0.6 is 0 Å². The summed E-state index contributed by atoms with van der Waals surface area (Å²) in [7, 11) is -3.70. The van der Waals surface area contributed by atoms with E-state index < -0.39 is 28.0 Å². The van der Waals surface area contributed by atoms with Gasteiger partial charge in [0.2, 0.25) is 0 Å². The van der Waals surface area contributed by atoms with Crippen LogP contribution in [-0.4, -0.2) is 54.1 Å². The van der Waals surface area contributed by atoms with Gasteiger partial charge >= 0.3 is 6.18 Å². The number of sulfone groups is 1. The molecule has 0 saturated heterocycles. The van der Waals surface area contributed by atoms with Crippen molar-refractivity contribution in [2.75, 3.05) is 12.8 Å². The van der Waals surface area contributed by atoms with Gasteiger partial charge in [-0.2, -0.15) is 18.3 Å². The van der Waals surface area contributed by atoms with Gasteiger partial charge in [0.25, 0.3) is 5.91 Å². The van der Waals surface area contributed by atoms with Gasteiger partial charge in [0.15, 0.2) is 15.9 Å². The van der Waals surface area contributed by atoms with Crippen molar-refractivity contribution < 1.29 is 31.1 Å². The quantitative estimate of drug-likeness (QED) is 0.540. The van der Waals surface area contributed by atoms with E-state index in [1.807, 2.05) is 30.3 Å². The Labute approximate surface area is 194 Å². The van der Waals surface area contributed by atoms with Crippen LogP contribution in [0.3, 0.4) is 0 Å². The van der Waals surface area contributed by atoms with Crippen molar-refractivity contribution in [1.29, 1.82) is 0 Å². The molecule has 1 aliphatic heterocycles. The summed E-state index contributed by atoms with van der Waals surface area (Å²) in [6, 6.07) is 12.7. The van der Waals surface area contributed by atoms with E-state index in [0.29, 0.717) is 6.42 Å². The van der Waals surface area contributed by atoms with E-state index in [1.54, 1.807) is 10.9 Å². The zero-order chi connectivity index (χ0) is 24.7. The Balaban J connectivity index is 1.65. The van der Waals surface area contributed by atoms with Crippen molar-refractivity contribution in [3.05, 3.63) is 71.5 Å². The van der Waals surface area contributed by atoms with Crippen LogP contribution in [-0.2, 0) is 22.8 Å². The summed E-state index contributed by atoms with van der Waals surface area (Å²) in [4.78, 5) is 14.6. The highest BCUT2D eigenvalue weighted by Crippen LogP contribution is 2.31. The maximum Gasteiger partial charge on any atom is 0.425 e. The topological polar surface area (TPSA) is 81.5 Å². The number of hydrogen-bond donors (Lipinski definition) is 0. The number of halogens is 3. The smallest absolute Gasteiger partial charge is 0.425 e. The summed E-state index contributed by atoms with van der Waals surface area (Å²) in [6.45, 7) is 1.28. The molecule has 3 aromatic rings. The lowest BCUT2D eigenvalue weighted by Crippen LogP contribution is -2.37. The number of ether oxygens (including phenoxy) is 1. The standard InChI is InChI=1S/C23H22F3N3O4S/c1-15(23(24,25)26)33-21-9-8-18(34(2,31)32)12-19(21)22(30)28-11-10-20-16(13-28)14-29(27-20)17-6-4-3-5-7-17/h3-9,12,14-15H,10-11,13H2,1-2H3. The number of benzene rings is 2. The van der Waals surface area contributed by atoms with Gasteiger partial charge in [-0.05, 0) is 37.3 Å². The molecule has 0 spiro atoms. The molecule has 0 saturated carbocycles. The number of nitrogens with zero attached hydrogens (tertiary/aromatic N) is 3. The molecule has 1 amide bonds. The predicted octanol–water partition coefficient (Wildman–Crippen LogP) is 3.80. The molecular formula is C23H22F3N3O4S. The number of alkyl halides is 3. The first-order chi connectivity index (χ1) is 15.9. The summed E-state index contributed by atoms with van der Waals surface area (Å²) in [6.07, 6.45) is -3.62. The first-order valence-corrected chi connectivity index (χ1v) is 12.3. The molecule has 2 aromatic carbocycles. The van der Waals surface area contributed by atoms with Crippen molar-refractivity contribution in [1.82, 2.24) is 14.7 Å². The maximum absolute atomic E-state index is 13.4. The van der Waals surface area contributed by atoms with Crippen molar-refractivity contribution in [3.8, 4) is 11.4 Å². The van der Waals surface area contributed by atoms with Crippen LogP contribution < -0.4 is 4.74 Å². The van der Waals surface area contributed by atoms with Gasteiger partial charge < -0.3 is 9.64 Å². The first-order valence-electron chi connectivity index (χ1n) is 10.4. The highest BCUT2D eigenvalue weighted by atomic mass is 32.2. The lowest BCUT2D eigenvalue weighted by atomic mass is 10.1. The Kier molecular flexibility index (Phi) is 6.15. The highest BCUT2D eigenvalue weighted by molar-refractivity contribution is 7.90. The normalized spacial score (nSPS) is 15.0. The molecule has 1 unspecified atom stereocenters. The molecule has 0 fully saturated rings. The Morgan fingerprint density at radius 2 is 1.85 bits per heavy atom. The fraction of sp³-hybridized carbons (Fsp3) is 0.304. The summed E-state index contributed by atoms with van der Waals surface area (Å²) >= 11 is 0. The van der Waals surface area contributed by atoms with E-state index in [-0.39, 0.29) is 29.3 Å². The molecule has 7 nitrogen and oxygen atoms in total. The maximum atomic E-state index is 13.4. The van der Waals surface area contributed by atoms with E-state index in [9.17, 15) is 26.4 Å².